The van der Waals surface area contributed by atoms with E-state index in [1.165, 1.54) is 14.2 Å². The van der Waals surface area contributed by atoms with Gasteiger partial charge < -0.3 is 30.3 Å². The van der Waals surface area contributed by atoms with E-state index in [-0.39, 0.29) is 31.3 Å². The van der Waals surface area contributed by atoms with Gasteiger partial charge in [0.1, 0.15) is 0 Å². The number of phenols is 2. The van der Waals surface area contributed by atoms with Crippen molar-refractivity contribution in [2.24, 2.45) is 9.98 Å². The SMILES string of the molecule is COc1cccc(C=NCCCNCCNCCCN=Cc2cccc(OC)c2O)c1O.[Ga+3]. The second kappa shape index (κ2) is 17.1. The summed E-state index contributed by atoms with van der Waals surface area (Å²) in [6.45, 7) is 4.94. The van der Waals surface area contributed by atoms with Gasteiger partial charge in [-0.25, -0.2) is 0 Å². The maximum Gasteiger partial charge on any atom is 3.00 e. The average molecular weight is 512 g/mol. The number of hydrogen-bond acceptors (Lipinski definition) is 8. The molecule has 174 valence electrons. The fourth-order valence-electron chi connectivity index (χ4n) is 2.96. The van der Waals surface area contributed by atoms with Gasteiger partial charge in [-0.1, -0.05) is 12.1 Å². The summed E-state index contributed by atoms with van der Waals surface area (Å²) in [5, 5.41) is 26.8. The van der Waals surface area contributed by atoms with Gasteiger partial charge in [0.25, 0.3) is 0 Å². The number of hydrogen-bond donors (Lipinski definition) is 4. The van der Waals surface area contributed by atoms with E-state index in [4.69, 9.17) is 9.47 Å². The third kappa shape index (κ3) is 10.3. The minimum atomic E-state index is 0. The Morgan fingerprint density at radius 3 is 1.55 bits per heavy atom. The van der Waals surface area contributed by atoms with Crippen molar-refractivity contribution in [3.05, 3.63) is 47.5 Å². The number of nitrogens with one attached hydrogen (secondary N) is 2. The van der Waals surface area contributed by atoms with Gasteiger partial charge in [0.2, 0.25) is 0 Å². The molecule has 0 amide bonds. The molecule has 0 saturated heterocycles. The molecule has 0 aliphatic carbocycles. The summed E-state index contributed by atoms with van der Waals surface area (Å²) in [6.07, 6.45) is 5.20. The standard InChI is InChI=1S/C24H34N4O4.Ga/c1-31-21-9-3-7-19(23(21)29)17-27-13-5-11-25-15-16-26-12-6-14-28-18-20-8-4-10-22(32-2)24(20)30;/h3-4,7-10,17-18,25-26,29-30H,5-6,11-16H2,1-2H3;/q;+3. The monoisotopic (exact) mass is 511 g/mol. The van der Waals surface area contributed by atoms with E-state index in [0.29, 0.717) is 35.7 Å². The van der Waals surface area contributed by atoms with Crippen LogP contribution in [-0.4, -0.2) is 95.9 Å². The van der Waals surface area contributed by atoms with E-state index in [1.807, 2.05) is 12.1 Å². The van der Waals surface area contributed by atoms with Crippen LogP contribution in [0.2, 0.25) is 0 Å². The van der Waals surface area contributed by atoms with Crippen molar-refractivity contribution in [3.63, 3.8) is 0 Å². The van der Waals surface area contributed by atoms with Crippen molar-refractivity contribution in [1.29, 1.82) is 0 Å². The quantitative estimate of drug-likeness (QED) is 0.166. The number of benzene rings is 2. The molecule has 0 aliphatic rings. The fraction of sp³-hybridized carbons (Fsp3) is 0.417. The summed E-state index contributed by atoms with van der Waals surface area (Å²) in [5.41, 5.74) is 1.32. The number of aromatic hydroxyl groups is 2. The summed E-state index contributed by atoms with van der Waals surface area (Å²) < 4.78 is 10.2. The molecule has 8 nitrogen and oxygen atoms in total. The Morgan fingerprint density at radius 2 is 1.15 bits per heavy atom. The minimum Gasteiger partial charge on any atom is -0.504 e. The largest absolute Gasteiger partial charge is 3.00 e. The maximum atomic E-state index is 10.0. The number of nitrogens with zero attached hydrogens (tertiary/aromatic N) is 2. The molecule has 0 radical (unpaired) electrons. The van der Waals surface area contributed by atoms with Gasteiger partial charge in [-0.15, -0.1) is 0 Å². The van der Waals surface area contributed by atoms with Crippen molar-refractivity contribution >= 4 is 32.2 Å². The molecule has 0 unspecified atom stereocenters. The summed E-state index contributed by atoms with van der Waals surface area (Å²) in [5.74, 6) is 1.14. The molecule has 9 heteroatoms. The molecule has 33 heavy (non-hydrogen) atoms. The molecule has 2 aromatic rings. The van der Waals surface area contributed by atoms with E-state index in [0.717, 1.165) is 39.0 Å². The molecule has 0 atom stereocenters. The second-order valence-corrected chi connectivity index (χ2v) is 7.07. The van der Waals surface area contributed by atoms with E-state index in [9.17, 15) is 10.2 Å². The van der Waals surface area contributed by atoms with Crippen molar-refractivity contribution < 1.29 is 19.7 Å². The van der Waals surface area contributed by atoms with Crippen LogP contribution in [0.1, 0.15) is 24.0 Å². The Morgan fingerprint density at radius 1 is 0.727 bits per heavy atom. The summed E-state index contributed by atoms with van der Waals surface area (Å²) in [6, 6.07) is 10.7. The van der Waals surface area contributed by atoms with Crippen LogP contribution in [0, 0.1) is 0 Å². The first-order valence-corrected chi connectivity index (χ1v) is 10.8. The van der Waals surface area contributed by atoms with Crippen LogP contribution >= 0.6 is 0 Å². The molecule has 2 rings (SSSR count). The van der Waals surface area contributed by atoms with Crippen LogP contribution in [0.3, 0.4) is 0 Å². The topological polar surface area (TPSA) is 108 Å². The third-order valence-corrected chi connectivity index (χ3v) is 4.72. The van der Waals surface area contributed by atoms with E-state index in [1.54, 1.807) is 36.7 Å². The van der Waals surface area contributed by atoms with Gasteiger partial charge in [-0.05, 0) is 50.2 Å². The fourth-order valence-corrected chi connectivity index (χ4v) is 2.96. The van der Waals surface area contributed by atoms with E-state index < -0.39 is 0 Å². The Bertz CT molecular complexity index is 806. The molecule has 0 saturated carbocycles. The van der Waals surface area contributed by atoms with Crippen LogP contribution in [0.25, 0.3) is 0 Å². The first kappa shape index (κ1) is 28.6. The normalized spacial score (nSPS) is 11.1. The summed E-state index contributed by atoms with van der Waals surface area (Å²) in [4.78, 5) is 8.72. The number of aliphatic imine (C=N–C) groups is 2. The van der Waals surface area contributed by atoms with E-state index in [2.05, 4.69) is 20.6 Å². The Kier molecular flexibility index (Phi) is 14.8. The van der Waals surface area contributed by atoms with Gasteiger partial charge in [0.05, 0.1) is 14.2 Å². The zero-order chi connectivity index (χ0) is 23.0. The number of phenolic OH excluding ortho intramolecular Hbond substituents is 2. The predicted molar refractivity (Wildman–Crippen MR) is 135 cm³/mol. The third-order valence-electron chi connectivity index (χ3n) is 4.72. The zero-order valence-electron chi connectivity index (χ0n) is 19.5. The van der Waals surface area contributed by atoms with Crippen LogP contribution in [0.4, 0.5) is 0 Å². The average Bonchev–Trinajstić information content (AvgIpc) is 2.81. The Labute approximate surface area is 209 Å². The van der Waals surface area contributed by atoms with Gasteiger partial charge in [-0.2, -0.15) is 0 Å². The molecule has 4 N–H and O–H groups in total. The molecule has 0 fully saturated rings. The smallest absolute Gasteiger partial charge is 0.504 e. The molecule has 0 heterocycles. The van der Waals surface area contributed by atoms with Gasteiger partial charge in [-0.3, -0.25) is 9.98 Å². The molecule has 2 aromatic carbocycles. The first-order valence-electron chi connectivity index (χ1n) is 10.8. The second-order valence-electron chi connectivity index (χ2n) is 7.07. The molecular formula is C24H34GaN4O4+3. The summed E-state index contributed by atoms with van der Waals surface area (Å²) >= 11 is 0. The van der Waals surface area contributed by atoms with E-state index >= 15 is 0 Å². The molecule has 0 aliphatic heterocycles. The van der Waals surface area contributed by atoms with Crippen molar-refractivity contribution in [2.75, 3.05) is 53.5 Å². The molecule has 0 bridgehead atoms. The van der Waals surface area contributed by atoms with Crippen LogP contribution in [0.15, 0.2) is 46.4 Å². The summed E-state index contributed by atoms with van der Waals surface area (Å²) in [7, 11) is 3.06. The number of rotatable bonds is 15. The van der Waals surface area contributed by atoms with Crippen LogP contribution in [-0.2, 0) is 0 Å². The molecule has 0 spiro atoms. The van der Waals surface area contributed by atoms with Crippen LogP contribution in [0.5, 0.6) is 23.0 Å². The number of para-hydroxylation sites is 2. The van der Waals surface area contributed by atoms with Crippen LogP contribution < -0.4 is 20.1 Å². The Balaban J connectivity index is 0.00000544. The van der Waals surface area contributed by atoms with Gasteiger partial charge in [0.15, 0.2) is 23.0 Å². The zero-order valence-corrected chi connectivity index (χ0v) is 21.9. The first-order chi connectivity index (χ1) is 15.7. The number of ether oxygens (including phenoxy) is 2. The maximum absolute atomic E-state index is 10.0. The van der Waals surface area contributed by atoms with Gasteiger partial charge in [0, 0.05) is 49.7 Å². The number of methoxy groups -OCH3 is 2. The minimum absolute atomic E-state index is 0. The van der Waals surface area contributed by atoms with Crippen molar-refractivity contribution in [2.45, 2.75) is 12.8 Å². The van der Waals surface area contributed by atoms with Gasteiger partial charge >= 0.3 is 19.8 Å². The van der Waals surface area contributed by atoms with Crippen molar-refractivity contribution in [3.8, 4) is 23.0 Å². The molecule has 0 aromatic heterocycles. The predicted octanol–water partition coefficient (Wildman–Crippen LogP) is 2.23. The van der Waals surface area contributed by atoms with Crippen molar-refractivity contribution in [1.82, 2.24) is 10.6 Å². The molecular weight excluding hydrogens is 478 g/mol. The Hall–Kier alpha value is -2.46.